The highest BCUT2D eigenvalue weighted by molar-refractivity contribution is 9.10. The molecule has 1 rings (SSSR count). The van der Waals surface area contributed by atoms with Gasteiger partial charge in [0.05, 0.1) is 0 Å². The lowest BCUT2D eigenvalue weighted by Gasteiger charge is -2.31. The van der Waals surface area contributed by atoms with E-state index in [1.807, 2.05) is 0 Å². The first-order valence-corrected chi connectivity index (χ1v) is 7.58. The first-order valence-electron chi connectivity index (χ1n) is 6.79. The number of halogens is 1. The zero-order chi connectivity index (χ0) is 13.8. The van der Waals surface area contributed by atoms with E-state index in [1.54, 1.807) is 0 Å². The van der Waals surface area contributed by atoms with Crippen molar-refractivity contribution in [3.05, 3.63) is 34.3 Å². The second kappa shape index (κ2) is 6.72. The van der Waals surface area contributed by atoms with Crippen molar-refractivity contribution in [3.8, 4) is 0 Å². The highest BCUT2D eigenvalue weighted by atomic mass is 79.9. The van der Waals surface area contributed by atoms with Crippen LogP contribution in [0.5, 0.6) is 0 Å². The number of benzene rings is 1. The Kier molecular flexibility index (Phi) is 5.87. The first kappa shape index (κ1) is 15.7. The molecular formula is C16H26BrN. The molecule has 0 aliphatic heterocycles. The van der Waals surface area contributed by atoms with E-state index in [-0.39, 0.29) is 0 Å². The average molecular weight is 312 g/mol. The van der Waals surface area contributed by atoms with Gasteiger partial charge in [-0.2, -0.15) is 0 Å². The van der Waals surface area contributed by atoms with Gasteiger partial charge in [-0.05, 0) is 42.4 Å². The third kappa shape index (κ3) is 5.11. The van der Waals surface area contributed by atoms with Gasteiger partial charge < -0.3 is 5.32 Å². The van der Waals surface area contributed by atoms with E-state index in [0.29, 0.717) is 17.4 Å². The van der Waals surface area contributed by atoms with E-state index in [9.17, 15) is 0 Å². The van der Waals surface area contributed by atoms with Crippen LogP contribution in [0.2, 0.25) is 0 Å². The Morgan fingerprint density at radius 2 is 1.67 bits per heavy atom. The van der Waals surface area contributed by atoms with Crippen LogP contribution in [-0.4, -0.2) is 12.6 Å². The SMILES string of the molecule is CC(Cc1ccc(Br)cc1)NCC(C)(C)C(C)C. The maximum atomic E-state index is 3.66. The Bertz CT molecular complexity index is 354. The van der Waals surface area contributed by atoms with E-state index < -0.39 is 0 Å². The van der Waals surface area contributed by atoms with Crippen LogP contribution in [0, 0.1) is 11.3 Å². The predicted molar refractivity (Wildman–Crippen MR) is 83.9 cm³/mol. The zero-order valence-electron chi connectivity index (χ0n) is 12.3. The molecular weight excluding hydrogens is 286 g/mol. The molecule has 1 atom stereocenters. The van der Waals surface area contributed by atoms with Gasteiger partial charge in [0.1, 0.15) is 0 Å². The van der Waals surface area contributed by atoms with E-state index in [4.69, 9.17) is 0 Å². The van der Waals surface area contributed by atoms with Crippen LogP contribution in [0.3, 0.4) is 0 Å². The third-order valence-electron chi connectivity index (χ3n) is 3.92. The van der Waals surface area contributed by atoms with Gasteiger partial charge in [-0.3, -0.25) is 0 Å². The molecule has 0 aliphatic rings. The molecule has 1 N–H and O–H groups in total. The van der Waals surface area contributed by atoms with Crippen LogP contribution in [0.4, 0.5) is 0 Å². The molecule has 1 aromatic rings. The van der Waals surface area contributed by atoms with Gasteiger partial charge in [-0.25, -0.2) is 0 Å². The maximum absolute atomic E-state index is 3.66. The van der Waals surface area contributed by atoms with Crippen LogP contribution in [-0.2, 0) is 6.42 Å². The van der Waals surface area contributed by atoms with Gasteiger partial charge in [-0.15, -0.1) is 0 Å². The lowest BCUT2D eigenvalue weighted by atomic mass is 9.81. The predicted octanol–water partition coefficient (Wildman–Crippen LogP) is 4.65. The summed E-state index contributed by atoms with van der Waals surface area (Å²) in [6, 6.07) is 9.12. The molecule has 0 aromatic heterocycles. The summed E-state index contributed by atoms with van der Waals surface area (Å²) in [4.78, 5) is 0. The molecule has 102 valence electrons. The van der Waals surface area contributed by atoms with Crippen LogP contribution >= 0.6 is 15.9 Å². The minimum atomic E-state index is 0.355. The zero-order valence-corrected chi connectivity index (χ0v) is 13.8. The van der Waals surface area contributed by atoms with Crippen molar-refractivity contribution in [1.82, 2.24) is 5.32 Å². The van der Waals surface area contributed by atoms with Crippen molar-refractivity contribution in [3.63, 3.8) is 0 Å². The van der Waals surface area contributed by atoms with Crippen LogP contribution in [0.1, 0.15) is 40.2 Å². The summed E-state index contributed by atoms with van der Waals surface area (Å²) in [5.41, 5.74) is 1.74. The Balaban J connectivity index is 2.42. The molecule has 0 saturated carbocycles. The van der Waals surface area contributed by atoms with Crippen molar-refractivity contribution in [2.24, 2.45) is 11.3 Å². The molecule has 0 radical (unpaired) electrons. The summed E-state index contributed by atoms with van der Waals surface area (Å²) in [5, 5.41) is 3.66. The molecule has 1 unspecified atom stereocenters. The monoisotopic (exact) mass is 311 g/mol. The van der Waals surface area contributed by atoms with Gasteiger partial charge in [0, 0.05) is 17.1 Å². The van der Waals surface area contributed by atoms with Crippen LogP contribution < -0.4 is 5.32 Å². The van der Waals surface area contributed by atoms with Gasteiger partial charge in [-0.1, -0.05) is 55.8 Å². The lowest BCUT2D eigenvalue weighted by molar-refractivity contribution is 0.230. The molecule has 0 aliphatic carbocycles. The lowest BCUT2D eigenvalue weighted by Crippen LogP contribution is -2.39. The standard InChI is InChI=1S/C16H26BrN/c1-12(2)16(4,5)11-18-13(3)10-14-6-8-15(17)9-7-14/h6-9,12-13,18H,10-11H2,1-5H3. The van der Waals surface area contributed by atoms with E-state index in [1.165, 1.54) is 5.56 Å². The fraction of sp³-hybridized carbons (Fsp3) is 0.625. The van der Waals surface area contributed by atoms with Gasteiger partial charge in [0.2, 0.25) is 0 Å². The fourth-order valence-corrected chi connectivity index (χ4v) is 1.95. The summed E-state index contributed by atoms with van der Waals surface area (Å²) in [6.45, 7) is 12.6. The van der Waals surface area contributed by atoms with E-state index in [0.717, 1.165) is 17.4 Å². The largest absolute Gasteiger partial charge is 0.313 e. The number of nitrogens with one attached hydrogen (secondary N) is 1. The highest BCUT2D eigenvalue weighted by Gasteiger charge is 2.22. The first-order chi connectivity index (χ1) is 8.31. The van der Waals surface area contributed by atoms with Crippen molar-refractivity contribution in [2.75, 3.05) is 6.54 Å². The summed E-state index contributed by atoms with van der Waals surface area (Å²) in [7, 11) is 0. The summed E-state index contributed by atoms with van der Waals surface area (Å²) in [6.07, 6.45) is 1.08. The van der Waals surface area contributed by atoms with Crippen molar-refractivity contribution >= 4 is 15.9 Å². The molecule has 0 heterocycles. The van der Waals surface area contributed by atoms with Gasteiger partial charge in [0.15, 0.2) is 0 Å². The molecule has 0 saturated heterocycles. The summed E-state index contributed by atoms with van der Waals surface area (Å²) < 4.78 is 1.15. The molecule has 0 spiro atoms. The van der Waals surface area contributed by atoms with Crippen molar-refractivity contribution in [2.45, 2.75) is 47.1 Å². The molecule has 18 heavy (non-hydrogen) atoms. The molecule has 2 heteroatoms. The fourth-order valence-electron chi connectivity index (χ4n) is 1.69. The van der Waals surface area contributed by atoms with Crippen LogP contribution in [0.15, 0.2) is 28.7 Å². The van der Waals surface area contributed by atoms with E-state index in [2.05, 4.69) is 80.1 Å². The minimum Gasteiger partial charge on any atom is -0.313 e. The molecule has 0 fully saturated rings. The Hall–Kier alpha value is -0.340. The number of hydrogen-bond donors (Lipinski definition) is 1. The minimum absolute atomic E-state index is 0.355. The highest BCUT2D eigenvalue weighted by Crippen LogP contribution is 2.25. The Morgan fingerprint density at radius 3 is 2.17 bits per heavy atom. The summed E-state index contributed by atoms with van der Waals surface area (Å²) in [5.74, 6) is 0.699. The average Bonchev–Trinajstić information content (AvgIpc) is 2.29. The van der Waals surface area contributed by atoms with Gasteiger partial charge >= 0.3 is 0 Å². The van der Waals surface area contributed by atoms with Crippen molar-refractivity contribution < 1.29 is 0 Å². The number of hydrogen-bond acceptors (Lipinski definition) is 1. The quantitative estimate of drug-likeness (QED) is 0.806. The molecule has 0 bridgehead atoms. The van der Waals surface area contributed by atoms with E-state index >= 15 is 0 Å². The molecule has 1 aromatic carbocycles. The van der Waals surface area contributed by atoms with Crippen LogP contribution in [0.25, 0.3) is 0 Å². The topological polar surface area (TPSA) is 12.0 Å². The second-order valence-electron chi connectivity index (χ2n) is 6.26. The second-order valence-corrected chi connectivity index (χ2v) is 7.17. The Morgan fingerprint density at radius 1 is 1.11 bits per heavy atom. The molecule has 0 amide bonds. The smallest absolute Gasteiger partial charge is 0.0175 e. The van der Waals surface area contributed by atoms with Crippen molar-refractivity contribution in [1.29, 1.82) is 0 Å². The maximum Gasteiger partial charge on any atom is 0.0175 e. The summed E-state index contributed by atoms with van der Waals surface area (Å²) >= 11 is 3.47. The van der Waals surface area contributed by atoms with Gasteiger partial charge in [0.25, 0.3) is 0 Å². The normalized spacial score (nSPS) is 13.9. The number of rotatable bonds is 6. The Labute approximate surface area is 120 Å². The third-order valence-corrected chi connectivity index (χ3v) is 4.45. The molecule has 1 nitrogen and oxygen atoms in total.